The summed E-state index contributed by atoms with van der Waals surface area (Å²) in [5.74, 6) is 0.155. The molecular formula is C21H30N4O3. The summed E-state index contributed by atoms with van der Waals surface area (Å²) in [6, 6.07) is 9.92. The standard InChI is InChI=1S/C21H30N4O3/c1-17(26)23(15-18-6-3-2-4-7-18)12-9-20(27)24-11-5-8-19(16-24)25-13-10-22-14-21(25)28/h2-4,6-7,19,22H,5,8-16H2,1H3. The number of carbonyl (C=O) groups excluding carboxylic acids is 3. The molecule has 2 heterocycles. The molecule has 0 bridgehead atoms. The van der Waals surface area contributed by atoms with Crippen molar-refractivity contribution in [2.75, 3.05) is 39.3 Å². The number of likely N-dealkylation sites (tertiary alicyclic amines) is 1. The van der Waals surface area contributed by atoms with Gasteiger partial charge >= 0.3 is 0 Å². The second-order valence-corrected chi connectivity index (χ2v) is 7.58. The number of hydrogen-bond donors (Lipinski definition) is 1. The SMILES string of the molecule is CC(=O)N(CCC(=O)N1CCCC(N2CCNCC2=O)C1)Cc1ccccc1. The average molecular weight is 386 g/mol. The van der Waals surface area contributed by atoms with Crippen LogP contribution in [0.25, 0.3) is 0 Å². The van der Waals surface area contributed by atoms with Crippen molar-refractivity contribution in [2.24, 2.45) is 0 Å². The quantitative estimate of drug-likeness (QED) is 0.787. The number of benzene rings is 1. The van der Waals surface area contributed by atoms with E-state index in [0.29, 0.717) is 39.1 Å². The number of piperidine rings is 1. The molecule has 2 aliphatic heterocycles. The summed E-state index contributed by atoms with van der Waals surface area (Å²) in [4.78, 5) is 42.4. The van der Waals surface area contributed by atoms with E-state index in [0.717, 1.165) is 31.5 Å². The van der Waals surface area contributed by atoms with E-state index in [1.54, 1.807) is 11.8 Å². The molecule has 7 nitrogen and oxygen atoms in total. The zero-order chi connectivity index (χ0) is 19.9. The number of nitrogens with zero attached hydrogens (tertiary/aromatic N) is 3. The van der Waals surface area contributed by atoms with E-state index in [9.17, 15) is 14.4 Å². The van der Waals surface area contributed by atoms with Gasteiger partial charge in [-0.25, -0.2) is 0 Å². The molecule has 1 N–H and O–H groups in total. The molecule has 1 aromatic rings. The molecule has 7 heteroatoms. The van der Waals surface area contributed by atoms with Crippen LogP contribution in [0.4, 0.5) is 0 Å². The molecule has 2 aliphatic rings. The van der Waals surface area contributed by atoms with Crippen molar-refractivity contribution in [3.8, 4) is 0 Å². The Morgan fingerprint density at radius 2 is 2.00 bits per heavy atom. The summed E-state index contributed by atoms with van der Waals surface area (Å²) in [7, 11) is 0. The van der Waals surface area contributed by atoms with Crippen molar-refractivity contribution < 1.29 is 14.4 Å². The fraction of sp³-hybridized carbons (Fsp3) is 0.571. The van der Waals surface area contributed by atoms with Gasteiger partial charge in [0, 0.05) is 58.7 Å². The molecule has 1 aromatic carbocycles. The Morgan fingerprint density at radius 1 is 1.21 bits per heavy atom. The maximum Gasteiger partial charge on any atom is 0.236 e. The van der Waals surface area contributed by atoms with E-state index >= 15 is 0 Å². The van der Waals surface area contributed by atoms with Gasteiger partial charge in [0.25, 0.3) is 0 Å². The minimum Gasteiger partial charge on any atom is -0.341 e. The Morgan fingerprint density at radius 3 is 2.71 bits per heavy atom. The summed E-state index contributed by atoms with van der Waals surface area (Å²) in [6.45, 7) is 5.71. The minimum atomic E-state index is -0.0282. The normalized spacial score (nSPS) is 20.2. The fourth-order valence-electron chi connectivity index (χ4n) is 3.98. The number of nitrogens with one attached hydrogen (secondary N) is 1. The molecular weight excluding hydrogens is 356 g/mol. The van der Waals surface area contributed by atoms with E-state index in [2.05, 4.69) is 5.32 Å². The molecule has 3 amide bonds. The highest BCUT2D eigenvalue weighted by molar-refractivity contribution is 5.80. The maximum absolute atomic E-state index is 12.8. The minimum absolute atomic E-state index is 0.0282. The summed E-state index contributed by atoms with van der Waals surface area (Å²) in [5, 5.41) is 3.09. The van der Waals surface area contributed by atoms with Gasteiger partial charge in [0.2, 0.25) is 17.7 Å². The molecule has 1 atom stereocenters. The van der Waals surface area contributed by atoms with E-state index in [1.807, 2.05) is 40.1 Å². The van der Waals surface area contributed by atoms with E-state index in [1.165, 1.54) is 0 Å². The number of piperazine rings is 1. The Hall–Kier alpha value is -2.41. The Labute approximate surface area is 166 Å². The van der Waals surface area contributed by atoms with Gasteiger partial charge in [-0.1, -0.05) is 30.3 Å². The second kappa shape index (κ2) is 9.68. The first-order chi connectivity index (χ1) is 13.5. The van der Waals surface area contributed by atoms with Crippen LogP contribution in [0, 0.1) is 0 Å². The van der Waals surface area contributed by atoms with Crippen LogP contribution in [0.3, 0.4) is 0 Å². The van der Waals surface area contributed by atoms with E-state index < -0.39 is 0 Å². The van der Waals surface area contributed by atoms with Gasteiger partial charge in [0.1, 0.15) is 0 Å². The monoisotopic (exact) mass is 386 g/mol. The summed E-state index contributed by atoms with van der Waals surface area (Å²) in [5.41, 5.74) is 1.06. The lowest BCUT2D eigenvalue weighted by Crippen LogP contribution is -2.57. The molecule has 2 fully saturated rings. The van der Waals surface area contributed by atoms with Crippen LogP contribution in [-0.4, -0.2) is 77.7 Å². The van der Waals surface area contributed by atoms with Gasteiger partial charge in [0.15, 0.2) is 0 Å². The van der Waals surface area contributed by atoms with Crippen LogP contribution in [0.5, 0.6) is 0 Å². The molecule has 3 rings (SSSR count). The number of amides is 3. The van der Waals surface area contributed by atoms with Crippen LogP contribution in [0.2, 0.25) is 0 Å². The summed E-state index contributed by atoms with van der Waals surface area (Å²) < 4.78 is 0. The molecule has 0 saturated carbocycles. The van der Waals surface area contributed by atoms with Crippen LogP contribution < -0.4 is 5.32 Å². The lowest BCUT2D eigenvalue weighted by molar-refractivity contribution is -0.141. The predicted octanol–water partition coefficient (Wildman–Crippen LogP) is 0.848. The molecule has 2 saturated heterocycles. The van der Waals surface area contributed by atoms with Crippen LogP contribution in [0.1, 0.15) is 31.7 Å². The van der Waals surface area contributed by atoms with Crippen molar-refractivity contribution in [3.63, 3.8) is 0 Å². The lowest BCUT2D eigenvalue weighted by Gasteiger charge is -2.41. The number of hydrogen-bond acceptors (Lipinski definition) is 4. The first-order valence-corrected chi connectivity index (χ1v) is 10.1. The smallest absolute Gasteiger partial charge is 0.236 e. The summed E-state index contributed by atoms with van der Waals surface area (Å²) >= 11 is 0. The van der Waals surface area contributed by atoms with Crippen molar-refractivity contribution in [1.29, 1.82) is 0 Å². The highest BCUT2D eigenvalue weighted by Crippen LogP contribution is 2.18. The topological polar surface area (TPSA) is 73.0 Å². The zero-order valence-electron chi connectivity index (χ0n) is 16.6. The van der Waals surface area contributed by atoms with Crippen LogP contribution >= 0.6 is 0 Å². The van der Waals surface area contributed by atoms with Gasteiger partial charge in [-0.05, 0) is 18.4 Å². The maximum atomic E-state index is 12.8. The molecule has 152 valence electrons. The highest BCUT2D eigenvalue weighted by Gasteiger charge is 2.31. The largest absolute Gasteiger partial charge is 0.341 e. The zero-order valence-corrected chi connectivity index (χ0v) is 16.6. The van der Waals surface area contributed by atoms with Crippen molar-refractivity contribution in [3.05, 3.63) is 35.9 Å². The number of rotatable bonds is 6. The molecule has 0 radical (unpaired) electrons. The summed E-state index contributed by atoms with van der Waals surface area (Å²) in [6.07, 6.45) is 2.17. The van der Waals surface area contributed by atoms with Gasteiger partial charge in [-0.2, -0.15) is 0 Å². The number of carbonyl (C=O) groups is 3. The molecule has 0 spiro atoms. The third-order valence-electron chi connectivity index (χ3n) is 5.57. The van der Waals surface area contributed by atoms with E-state index in [4.69, 9.17) is 0 Å². The fourth-order valence-corrected chi connectivity index (χ4v) is 3.98. The lowest BCUT2D eigenvalue weighted by atomic mass is 10.0. The van der Waals surface area contributed by atoms with Gasteiger partial charge in [-0.3, -0.25) is 14.4 Å². The second-order valence-electron chi connectivity index (χ2n) is 7.58. The van der Waals surface area contributed by atoms with Gasteiger partial charge in [0.05, 0.1) is 6.54 Å². The predicted molar refractivity (Wildman–Crippen MR) is 106 cm³/mol. The van der Waals surface area contributed by atoms with Gasteiger partial charge < -0.3 is 20.0 Å². The highest BCUT2D eigenvalue weighted by atomic mass is 16.2. The third-order valence-corrected chi connectivity index (χ3v) is 5.57. The van der Waals surface area contributed by atoms with Crippen molar-refractivity contribution in [1.82, 2.24) is 20.0 Å². The Balaban J connectivity index is 1.52. The van der Waals surface area contributed by atoms with Crippen LogP contribution in [0.15, 0.2) is 30.3 Å². The van der Waals surface area contributed by atoms with Gasteiger partial charge in [-0.15, -0.1) is 0 Å². The Kier molecular flexibility index (Phi) is 7.03. The first-order valence-electron chi connectivity index (χ1n) is 10.1. The average Bonchev–Trinajstić information content (AvgIpc) is 2.72. The van der Waals surface area contributed by atoms with Crippen molar-refractivity contribution in [2.45, 2.75) is 38.8 Å². The Bertz CT molecular complexity index is 694. The molecule has 0 aromatic heterocycles. The first kappa shape index (κ1) is 20.3. The van der Waals surface area contributed by atoms with Crippen molar-refractivity contribution >= 4 is 17.7 Å². The molecule has 1 unspecified atom stereocenters. The molecule has 0 aliphatic carbocycles. The third kappa shape index (κ3) is 5.32. The molecule has 28 heavy (non-hydrogen) atoms. The van der Waals surface area contributed by atoms with Crippen LogP contribution in [-0.2, 0) is 20.9 Å². The van der Waals surface area contributed by atoms with E-state index in [-0.39, 0.29) is 23.8 Å².